The summed E-state index contributed by atoms with van der Waals surface area (Å²) in [5.74, 6) is 1.30. The van der Waals surface area contributed by atoms with Crippen LogP contribution in [-0.4, -0.2) is 18.2 Å². The molecule has 0 saturated heterocycles. The van der Waals surface area contributed by atoms with Crippen LogP contribution in [0.25, 0.3) is 10.9 Å². The zero-order chi connectivity index (χ0) is 22.1. The van der Waals surface area contributed by atoms with Crippen molar-refractivity contribution in [2.24, 2.45) is 0 Å². The van der Waals surface area contributed by atoms with E-state index >= 15 is 0 Å². The number of pyridine rings is 1. The lowest BCUT2D eigenvalue weighted by Crippen LogP contribution is -2.12. The number of rotatable bonds is 6. The molecule has 8 heteroatoms. The third-order valence-corrected chi connectivity index (χ3v) is 7.39. The maximum absolute atomic E-state index is 6.55. The fraction of sp³-hybridized carbons (Fsp3) is 0.348. The van der Waals surface area contributed by atoms with Crippen LogP contribution in [0.4, 0.5) is 11.4 Å². The van der Waals surface area contributed by atoms with Gasteiger partial charge in [-0.25, -0.2) is 0 Å². The number of anilines is 2. The molecule has 0 spiro atoms. The van der Waals surface area contributed by atoms with E-state index in [4.69, 9.17) is 55.9 Å². The van der Waals surface area contributed by atoms with E-state index in [1.54, 1.807) is 13.3 Å². The van der Waals surface area contributed by atoms with Crippen molar-refractivity contribution in [3.05, 3.63) is 50.0 Å². The van der Waals surface area contributed by atoms with Gasteiger partial charge in [-0.3, -0.25) is 4.98 Å². The van der Waals surface area contributed by atoms with Crippen LogP contribution in [0.2, 0.25) is 20.1 Å². The van der Waals surface area contributed by atoms with Crippen LogP contribution in [0, 0.1) is 0 Å². The first-order chi connectivity index (χ1) is 15.0. The number of aromatic nitrogens is 1. The molecule has 1 aromatic heterocycles. The topological polar surface area (TPSA) is 43.4 Å². The Kier molecular flexibility index (Phi) is 6.92. The molecule has 0 unspecified atom stereocenters. The molecule has 1 heterocycles. The average Bonchev–Trinajstić information content (AvgIpc) is 3.29. The molecule has 0 radical (unpaired) electrons. The molecule has 1 N–H and O–H groups in total. The van der Waals surface area contributed by atoms with E-state index in [1.807, 2.05) is 25.1 Å². The summed E-state index contributed by atoms with van der Waals surface area (Å²) in [5.41, 5.74) is 2.63. The molecule has 0 aliphatic heterocycles. The van der Waals surface area contributed by atoms with Gasteiger partial charge in [0.15, 0.2) is 11.5 Å². The maximum atomic E-state index is 6.55. The number of hydrogen-bond acceptors (Lipinski definition) is 4. The smallest absolute Gasteiger partial charge is 0.187 e. The molecule has 0 atom stereocenters. The second kappa shape index (κ2) is 9.50. The predicted octanol–water partition coefficient (Wildman–Crippen LogP) is 8.48. The van der Waals surface area contributed by atoms with Crippen LogP contribution in [0.15, 0.2) is 24.4 Å². The van der Waals surface area contributed by atoms with E-state index in [0.717, 1.165) is 29.5 Å². The second-order valence-corrected chi connectivity index (χ2v) is 8.98. The zero-order valence-electron chi connectivity index (χ0n) is 17.2. The molecular formula is C23H22Cl4N2O2. The van der Waals surface area contributed by atoms with Crippen molar-refractivity contribution < 1.29 is 9.47 Å². The molecule has 1 aliphatic rings. The Morgan fingerprint density at radius 2 is 1.68 bits per heavy atom. The number of ether oxygens (including phenoxy) is 2. The van der Waals surface area contributed by atoms with Crippen molar-refractivity contribution in [3.8, 4) is 11.5 Å². The molecule has 4 rings (SSSR count). The summed E-state index contributed by atoms with van der Waals surface area (Å²) in [6, 6.07) is 5.65. The molecule has 1 fully saturated rings. The van der Waals surface area contributed by atoms with Gasteiger partial charge in [-0.05, 0) is 55.9 Å². The molecule has 164 valence electrons. The van der Waals surface area contributed by atoms with Gasteiger partial charge in [0.25, 0.3) is 0 Å². The van der Waals surface area contributed by atoms with Crippen LogP contribution in [0.5, 0.6) is 11.5 Å². The molecule has 4 nitrogen and oxygen atoms in total. The van der Waals surface area contributed by atoms with Crippen LogP contribution >= 0.6 is 46.4 Å². The van der Waals surface area contributed by atoms with Crippen LogP contribution in [-0.2, 0) is 6.42 Å². The van der Waals surface area contributed by atoms with Gasteiger partial charge >= 0.3 is 0 Å². The zero-order valence-corrected chi connectivity index (χ0v) is 20.2. The predicted molar refractivity (Wildman–Crippen MR) is 130 cm³/mol. The Hall–Kier alpha value is -1.59. The first-order valence-electron chi connectivity index (χ1n) is 10.2. The van der Waals surface area contributed by atoms with Gasteiger partial charge in [0.05, 0.1) is 39.0 Å². The van der Waals surface area contributed by atoms with Gasteiger partial charge in [0, 0.05) is 17.3 Å². The van der Waals surface area contributed by atoms with Gasteiger partial charge in [-0.1, -0.05) is 53.3 Å². The molecule has 2 aromatic carbocycles. The van der Waals surface area contributed by atoms with E-state index in [0.29, 0.717) is 49.2 Å². The fourth-order valence-corrected chi connectivity index (χ4v) is 5.22. The maximum Gasteiger partial charge on any atom is 0.187 e. The van der Waals surface area contributed by atoms with Crippen LogP contribution < -0.4 is 14.8 Å². The SMILES string of the molecule is CCc1c(Cl)c(Cl)c(Nc2ccnc3c(OC4CCCC4)c(OC)ccc23)c(Cl)c1Cl. The number of halogens is 4. The summed E-state index contributed by atoms with van der Waals surface area (Å²) in [5, 5.41) is 5.59. The minimum Gasteiger partial charge on any atom is -0.493 e. The number of nitrogens with zero attached hydrogens (tertiary/aromatic N) is 1. The second-order valence-electron chi connectivity index (χ2n) is 7.46. The summed E-state index contributed by atoms with van der Waals surface area (Å²) in [6.45, 7) is 1.95. The lowest BCUT2D eigenvalue weighted by Gasteiger charge is -2.20. The summed E-state index contributed by atoms with van der Waals surface area (Å²) in [6.07, 6.45) is 6.90. The van der Waals surface area contributed by atoms with E-state index in [2.05, 4.69) is 10.3 Å². The minimum absolute atomic E-state index is 0.168. The van der Waals surface area contributed by atoms with Gasteiger partial charge in [0.1, 0.15) is 5.52 Å². The quantitative estimate of drug-likeness (QED) is 0.345. The minimum atomic E-state index is 0.168. The number of hydrogen-bond donors (Lipinski definition) is 1. The number of nitrogens with one attached hydrogen (secondary N) is 1. The third-order valence-electron chi connectivity index (χ3n) is 5.60. The van der Waals surface area contributed by atoms with Crippen molar-refractivity contribution in [3.63, 3.8) is 0 Å². The Morgan fingerprint density at radius 1 is 1.00 bits per heavy atom. The number of fused-ring (bicyclic) bond motifs is 1. The van der Waals surface area contributed by atoms with E-state index < -0.39 is 0 Å². The highest BCUT2D eigenvalue weighted by molar-refractivity contribution is 6.51. The van der Waals surface area contributed by atoms with Crippen molar-refractivity contribution in [1.82, 2.24) is 4.98 Å². The highest BCUT2D eigenvalue weighted by Crippen LogP contribution is 2.47. The largest absolute Gasteiger partial charge is 0.493 e. The first kappa shape index (κ1) is 22.6. The van der Waals surface area contributed by atoms with Crippen molar-refractivity contribution >= 4 is 68.7 Å². The molecule has 1 saturated carbocycles. The Bertz CT molecular complexity index is 1100. The van der Waals surface area contributed by atoms with E-state index in [1.165, 1.54) is 12.8 Å². The van der Waals surface area contributed by atoms with Crippen LogP contribution in [0.1, 0.15) is 38.2 Å². The monoisotopic (exact) mass is 498 g/mol. The fourth-order valence-electron chi connectivity index (χ4n) is 3.96. The van der Waals surface area contributed by atoms with Gasteiger partial charge < -0.3 is 14.8 Å². The van der Waals surface area contributed by atoms with E-state index in [9.17, 15) is 0 Å². The Morgan fingerprint density at radius 3 is 2.29 bits per heavy atom. The molecular weight excluding hydrogens is 478 g/mol. The average molecular weight is 500 g/mol. The molecule has 0 amide bonds. The number of methoxy groups -OCH3 is 1. The summed E-state index contributed by atoms with van der Waals surface area (Å²) < 4.78 is 11.9. The number of benzene rings is 2. The molecule has 3 aromatic rings. The molecule has 0 bridgehead atoms. The standard InChI is InChI=1S/C23H22Cl4N2O2/c1-3-13-17(24)19(26)22(20(27)18(13)25)29-15-10-11-28-21-14(15)8-9-16(30-2)23(21)31-12-6-4-5-7-12/h8-12H,3-7H2,1-2H3,(H,28,29). The highest BCUT2D eigenvalue weighted by Gasteiger charge is 2.23. The highest BCUT2D eigenvalue weighted by atomic mass is 35.5. The van der Waals surface area contributed by atoms with Gasteiger partial charge in [0.2, 0.25) is 0 Å². The lowest BCUT2D eigenvalue weighted by molar-refractivity contribution is 0.203. The van der Waals surface area contributed by atoms with Crippen molar-refractivity contribution in [1.29, 1.82) is 0 Å². The Labute approximate surface area is 201 Å². The van der Waals surface area contributed by atoms with E-state index in [-0.39, 0.29) is 6.10 Å². The first-order valence-corrected chi connectivity index (χ1v) is 11.7. The van der Waals surface area contributed by atoms with Crippen LogP contribution in [0.3, 0.4) is 0 Å². The van der Waals surface area contributed by atoms with Crippen molar-refractivity contribution in [2.75, 3.05) is 12.4 Å². The lowest BCUT2D eigenvalue weighted by atomic mass is 10.1. The normalized spacial score (nSPS) is 14.3. The summed E-state index contributed by atoms with van der Waals surface area (Å²) in [4.78, 5) is 4.58. The third kappa shape index (κ3) is 4.23. The summed E-state index contributed by atoms with van der Waals surface area (Å²) in [7, 11) is 1.63. The Balaban J connectivity index is 1.81. The molecule has 31 heavy (non-hydrogen) atoms. The van der Waals surface area contributed by atoms with Crippen molar-refractivity contribution in [2.45, 2.75) is 45.1 Å². The van der Waals surface area contributed by atoms with Gasteiger partial charge in [-0.2, -0.15) is 0 Å². The summed E-state index contributed by atoms with van der Waals surface area (Å²) >= 11 is 26.0. The van der Waals surface area contributed by atoms with Gasteiger partial charge in [-0.15, -0.1) is 0 Å². The molecule has 1 aliphatic carbocycles.